The number of ether oxygens (including phenoxy) is 2. The van der Waals surface area contributed by atoms with Gasteiger partial charge in [-0.3, -0.25) is 4.90 Å². The smallest absolute Gasteiger partial charge is 0.491 e. The van der Waals surface area contributed by atoms with Gasteiger partial charge in [-0.2, -0.15) is 0 Å². The summed E-state index contributed by atoms with van der Waals surface area (Å²) >= 11 is 0. The third kappa shape index (κ3) is 4.44. The molecule has 1 unspecified atom stereocenters. The Labute approximate surface area is 126 Å². The standard InChI is InChI=1S/C15H24BNO4/c1-11(2)17-6-7-20-13(9-17)10-21-15-5-4-12(3)8-14(15)16(18)19/h4-5,8,11,13,18-19H,6-7,9-10H2,1-3H3. The molecule has 21 heavy (non-hydrogen) atoms. The molecule has 2 rings (SSSR count). The largest absolute Gasteiger partial charge is 0.492 e. The molecule has 116 valence electrons. The zero-order valence-electron chi connectivity index (χ0n) is 13.0. The van der Waals surface area contributed by atoms with E-state index in [0.29, 0.717) is 30.5 Å². The van der Waals surface area contributed by atoms with Crippen LogP contribution in [0, 0.1) is 6.92 Å². The lowest BCUT2D eigenvalue weighted by Gasteiger charge is -2.35. The normalized spacial score (nSPS) is 19.8. The highest BCUT2D eigenvalue weighted by Crippen LogP contribution is 2.13. The number of benzene rings is 1. The Bertz CT molecular complexity index is 467. The van der Waals surface area contributed by atoms with Crippen LogP contribution in [0.15, 0.2) is 18.2 Å². The summed E-state index contributed by atoms with van der Waals surface area (Å²) in [6, 6.07) is 5.88. The van der Waals surface area contributed by atoms with E-state index in [4.69, 9.17) is 9.47 Å². The van der Waals surface area contributed by atoms with Gasteiger partial charge in [0.05, 0.1) is 6.61 Å². The van der Waals surface area contributed by atoms with Crippen molar-refractivity contribution < 1.29 is 19.5 Å². The average Bonchev–Trinajstić information content (AvgIpc) is 2.46. The lowest BCUT2D eigenvalue weighted by molar-refractivity contribution is -0.0563. The lowest BCUT2D eigenvalue weighted by Crippen LogP contribution is -2.48. The number of nitrogens with zero attached hydrogens (tertiary/aromatic N) is 1. The van der Waals surface area contributed by atoms with Crippen LogP contribution < -0.4 is 10.2 Å². The van der Waals surface area contributed by atoms with Crippen LogP contribution in [0.1, 0.15) is 19.4 Å². The minimum atomic E-state index is -1.53. The van der Waals surface area contributed by atoms with Crippen molar-refractivity contribution in [1.82, 2.24) is 4.90 Å². The molecule has 0 aliphatic carbocycles. The van der Waals surface area contributed by atoms with E-state index >= 15 is 0 Å². The zero-order valence-corrected chi connectivity index (χ0v) is 13.0. The van der Waals surface area contributed by atoms with Crippen LogP contribution in [-0.4, -0.2) is 60.5 Å². The van der Waals surface area contributed by atoms with Crippen molar-refractivity contribution in [3.63, 3.8) is 0 Å². The van der Waals surface area contributed by atoms with Gasteiger partial charge in [0.2, 0.25) is 0 Å². The minimum Gasteiger partial charge on any atom is -0.491 e. The maximum Gasteiger partial charge on any atom is 0.492 e. The van der Waals surface area contributed by atoms with Gasteiger partial charge in [-0.05, 0) is 26.8 Å². The first-order valence-corrected chi connectivity index (χ1v) is 7.42. The second-order valence-corrected chi connectivity index (χ2v) is 5.81. The van der Waals surface area contributed by atoms with Crippen molar-refractivity contribution in [2.24, 2.45) is 0 Å². The summed E-state index contributed by atoms with van der Waals surface area (Å²) in [5.41, 5.74) is 1.36. The monoisotopic (exact) mass is 293 g/mol. The van der Waals surface area contributed by atoms with Gasteiger partial charge >= 0.3 is 7.12 Å². The highest BCUT2D eigenvalue weighted by Gasteiger charge is 2.24. The van der Waals surface area contributed by atoms with Crippen LogP contribution in [0.2, 0.25) is 0 Å². The first kappa shape index (κ1) is 16.3. The van der Waals surface area contributed by atoms with Gasteiger partial charge in [0.15, 0.2) is 0 Å². The van der Waals surface area contributed by atoms with Crippen molar-refractivity contribution in [3.8, 4) is 5.75 Å². The summed E-state index contributed by atoms with van der Waals surface area (Å²) in [4.78, 5) is 2.36. The summed E-state index contributed by atoms with van der Waals surface area (Å²) in [5, 5.41) is 18.8. The van der Waals surface area contributed by atoms with Crippen LogP contribution in [-0.2, 0) is 4.74 Å². The number of aryl methyl sites for hydroxylation is 1. The fourth-order valence-corrected chi connectivity index (χ4v) is 2.50. The van der Waals surface area contributed by atoms with Gasteiger partial charge in [-0.1, -0.05) is 17.7 Å². The number of hydrogen-bond acceptors (Lipinski definition) is 5. The maximum absolute atomic E-state index is 9.42. The van der Waals surface area contributed by atoms with E-state index in [0.717, 1.165) is 18.7 Å². The molecule has 2 N–H and O–H groups in total. The third-order valence-corrected chi connectivity index (χ3v) is 3.77. The maximum atomic E-state index is 9.42. The van der Waals surface area contributed by atoms with Crippen molar-refractivity contribution in [3.05, 3.63) is 23.8 Å². The number of hydrogen-bond donors (Lipinski definition) is 2. The Morgan fingerprint density at radius 1 is 1.43 bits per heavy atom. The average molecular weight is 293 g/mol. The first-order chi connectivity index (χ1) is 9.97. The van der Waals surface area contributed by atoms with Gasteiger partial charge in [0.25, 0.3) is 0 Å². The molecule has 1 aromatic carbocycles. The Balaban J connectivity index is 1.96. The van der Waals surface area contributed by atoms with E-state index in [1.807, 2.05) is 13.0 Å². The van der Waals surface area contributed by atoms with Crippen LogP contribution in [0.3, 0.4) is 0 Å². The topological polar surface area (TPSA) is 62.2 Å². The van der Waals surface area contributed by atoms with Crippen molar-refractivity contribution in [2.45, 2.75) is 32.9 Å². The summed E-state index contributed by atoms with van der Waals surface area (Å²) in [6.45, 7) is 9.13. The molecule has 1 fully saturated rings. The molecular weight excluding hydrogens is 269 g/mol. The Morgan fingerprint density at radius 2 is 2.19 bits per heavy atom. The van der Waals surface area contributed by atoms with Gasteiger partial charge < -0.3 is 19.5 Å². The number of rotatable bonds is 5. The molecule has 6 heteroatoms. The number of morpholine rings is 1. The van der Waals surface area contributed by atoms with Crippen molar-refractivity contribution in [1.29, 1.82) is 0 Å². The molecule has 0 amide bonds. The molecule has 0 bridgehead atoms. The molecule has 1 aliphatic rings. The summed E-state index contributed by atoms with van der Waals surface area (Å²) < 4.78 is 11.5. The molecule has 0 spiro atoms. The van der Waals surface area contributed by atoms with Crippen LogP contribution in [0.5, 0.6) is 5.75 Å². The summed E-state index contributed by atoms with van der Waals surface area (Å²) in [5.74, 6) is 0.501. The van der Waals surface area contributed by atoms with E-state index in [9.17, 15) is 10.0 Å². The molecule has 1 aliphatic heterocycles. The molecule has 1 heterocycles. The minimum absolute atomic E-state index is 0.00568. The second kappa shape index (κ2) is 7.27. The molecule has 1 atom stereocenters. The van der Waals surface area contributed by atoms with Crippen LogP contribution in [0.25, 0.3) is 0 Å². The van der Waals surface area contributed by atoms with Crippen molar-refractivity contribution in [2.75, 3.05) is 26.3 Å². The predicted octanol–water partition coefficient (Wildman–Crippen LogP) is 0.163. The molecular formula is C15H24BNO4. The quantitative estimate of drug-likeness (QED) is 0.758. The Kier molecular flexibility index (Phi) is 5.64. The highest BCUT2D eigenvalue weighted by atomic mass is 16.5. The highest BCUT2D eigenvalue weighted by molar-refractivity contribution is 6.59. The Morgan fingerprint density at radius 3 is 2.86 bits per heavy atom. The van der Waals surface area contributed by atoms with E-state index in [-0.39, 0.29) is 6.10 Å². The van der Waals surface area contributed by atoms with Gasteiger partial charge in [0, 0.05) is 24.6 Å². The summed E-state index contributed by atoms with van der Waals surface area (Å²) in [6.07, 6.45) is 0.00568. The van der Waals surface area contributed by atoms with Gasteiger partial charge in [-0.25, -0.2) is 0 Å². The second-order valence-electron chi connectivity index (χ2n) is 5.81. The van der Waals surface area contributed by atoms with Gasteiger partial charge in [-0.15, -0.1) is 0 Å². The molecule has 1 saturated heterocycles. The van der Waals surface area contributed by atoms with E-state index in [1.165, 1.54) is 0 Å². The fourth-order valence-electron chi connectivity index (χ4n) is 2.50. The Hall–Kier alpha value is -1.08. The summed E-state index contributed by atoms with van der Waals surface area (Å²) in [7, 11) is -1.53. The SMILES string of the molecule is Cc1ccc(OCC2CN(C(C)C)CCO2)c(B(O)O)c1. The van der Waals surface area contributed by atoms with Crippen LogP contribution in [0.4, 0.5) is 0 Å². The fraction of sp³-hybridized carbons (Fsp3) is 0.600. The van der Waals surface area contributed by atoms with Gasteiger partial charge in [0.1, 0.15) is 18.5 Å². The van der Waals surface area contributed by atoms with E-state index in [2.05, 4.69) is 18.7 Å². The molecule has 1 aromatic rings. The molecule has 5 nitrogen and oxygen atoms in total. The zero-order chi connectivity index (χ0) is 15.4. The lowest BCUT2D eigenvalue weighted by atomic mass is 9.79. The molecule has 0 aromatic heterocycles. The van der Waals surface area contributed by atoms with Crippen molar-refractivity contribution >= 4 is 12.6 Å². The molecule has 0 radical (unpaired) electrons. The predicted molar refractivity (Wildman–Crippen MR) is 82.9 cm³/mol. The molecule has 0 saturated carbocycles. The van der Waals surface area contributed by atoms with E-state index < -0.39 is 7.12 Å². The first-order valence-electron chi connectivity index (χ1n) is 7.42. The van der Waals surface area contributed by atoms with E-state index in [1.54, 1.807) is 12.1 Å². The third-order valence-electron chi connectivity index (χ3n) is 3.77. The van der Waals surface area contributed by atoms with Crippen LogP contribution >= 0.6 is 0 Å².